The third-order valence-electron chi connectivity index (χ3n) is 6.16. The van der Waals surface area contributed by atoms with E-state index in [1.807, 2.05) is 0 Å². The minimum absolute atomic E-state index is 0.0580. The van der Waals surface area contributed by atoms with Crippen LogP contribution in [0.1, 0.15) is 56.6 Å². The van der Waals surface area contributed by atoms with Crippen molar-refractivity contribution in [2.24, 2.45) is 0 Å². The smallest absolute Gasteiger partial charge is 0.303 e. The van der Waals surface area contributed by atoms with Gasteiger partial charge in [-0.1, -0.05) is 19.4 Å². The molecule has 1 aromatic heterocycles. The second kappa shape index (κ2) is 14.0. The van der Waals surface area contributed by atoms with Crippen LogP contribution in [0.25, 0.3) is 0 Å². The van der Waals surface area contributed by atoms with Gasteiger partial charge in [-0.25, -0.2) is 0 Å². The van der Waals surface area contributed by atoms with Crippen molar-refractivity contribution < 1.29 is 47.7 Å². The minimum atomic E-state index is -1.49. The molecule has 0 aliphatic carbocycles. The Hall–Kier alpha value is -3.58. The van der Waals surface area contributed by atoms with Crippen molar-refractivity contribution in [3.05, 3.63) is 29.6 Å². The van der Waals surface area contributed by atoms with E-state index in [1.165, 1.54) is 4.90 Å². The van der Waals surface area contributed by atoms with Crippen molar-refractivity contribution in [2.75, 3.05) is 26.3 Å². The quantitative estimate of drug-likeness (QED) is 0.338. The van der Waals surface area contributed by atoms with E-state index >= 15 is 0 Å². The molecule has 39 heavy (non-hydrogen) atoms. The van der Waals surface area contributed by atoms with Gasteiger partial charge < -0.3 is 33.9 Å². The second-order valence-corrected chi connectivity index (χ2v) is 9.27. The molecule has 0 aromatic carbocycles. The van der Waals surface area contributed by atoms with E-state index in [0.29, 0.717) is 13.2 Å². The Morgan fingerprint density at radius 3 is 2.13 bits per heavy atom. The van der Waals surface area contributed by atoms with Crippen LogP contribution in [0.2, 0.25) is 0 Å². The summed E-state index contributed by atoms with van der Waals surface area (Å²) in [5, 5.41) is 2.59. The number of nitrogens with zero attached hydrogens (tertiary/aromatic N) is 2. The number of nitrogens with one attached hydrogen (secondary N) is 1. The van der Waals surface area contributed by atoms with E-state index in [9.17, 15) is 24.0 Å². The standard InChI is InChI=1S/C26H35N3O10/c1-5-6-7-18-8-9-19(27-14-18)24(33)28-25-22(38-17(4)32)20(36-15(2)30)21(37-16(3)31)23(39-25)26(34)29-10-12-35-13-11-29/h8-9,14,20-23,25H,5-7,10-13H2,1-4H3,(H,28,33). The summed E-state index contributed by atoms with van der Waals surface area (Å²) in [6, 6.07) is 3.33. The minimum Gasteiger partial charge on any atom is -0.455 e. The number of pyridine rings is 1. The Balaban J connectivity index is 1.94. The zero-order valence-electron chi connectivity index (χ0n) is 22.5. The number of esters is 3. The lowest BCUT2D eigenvalue weighted by Crippen LogP contribution is -2.68. The highest BCUT2D eigenvalue weighted by Crippen LogP contribution is 2.29. The second-order valence-electron chi connectivity index (χ2n) is 9.27. The Labute approximate surface area is 226 Å². The maximum absolute atomic E-state index is 13.5. The molecule has 1 N–H and O–H groups in total. The fraction of sp³-hybridized carbons (Fsp3) is 0.615. The van der Waals surface area contributed by atoms with Gasteiger partial charge in [-0.05, 0) is 24.5 Å². The average Bonchev–Trinajstić information content (AvgIpc) is 2.90. The van der Waals surface area contributed by atoms with Crippen molar-refractivity contribution in [2.45, 2.75) is 77.6 Å². The highest BCUT2D eigenvalue weighted by molar-refractivity contribution is 5.92. The Morgan fingerprint density at radius 2 is 1.56 bits per heavy atom. The molecule has 2 saturated heterocycles. The number of carbonyl (C=O) groups excluding carboxylic acids is 5. The van der Waals surface area contributed by atoms with Crippen LogP contribution in [0.3, 0.4) is 0 Å². The maximum atomic E-state index is 13.5. The van der Waals surface area contributed by atoms with Crippen LogP contribution in [-0.2, 0) is 49.3 Å². The van der Waals surface area contributed by atoms with Gasteiger partial charge in [-0.3, -0.25) is 29.0 Å². The van der Waals surface area contributed by atoms with E-state index in [0.717, 1.165) is 45.6 Å². The van der Waals surface area contributed by atoms with Gasteiger partial charge in [0, 0.05) is 40.1 Å². The first-order valence-electron chi connectivity index (χ1n) is 12.9. The number of ether oxygens (including phenoxy) is 5. The summed E-state index contributed by atoms with van der Waals surface area (Å²) >= 11 is 0. The topological polar surface area (TPSA) is 160 Å². The zero-order chi connectivity index (χ0) is 28.5. The summed E-state index contributed by atoms with van der Waals surface area (Å²) < 4.78 is 27.5. The van der Waals surface area contributed by atoms with E-state index in [1.54, 1.807) is 18.3 Å². The molecule has 13 heteroatoms. The molecule has 3 heterocycles. The van der Waals surface area contributed by atoms with E-state index < -0.39 is 60.4 Å². The predicted molar refractivity (Wildman–Crippen MR) is 133 cm³/mol. The van der Waals surface area contributed by atoms with Crippen molar-refractivity contribution >= 4 is 29.7 Å². The molecule has 2 fully saturated rings. The Bertz CT molecular complexity index is 1040. The highest BCUT2D eigenvalue weighted by Gasteiger charge is 2.55. The Kier molecular flexibility index (Phi) is 10.8. The van der Waals surface area contributed by atoms with Crippen molar-refractivity contribution in [1.82, 2.24) is 15.2 Å². The van der Waals surface area contributed by atoms with Crippen LogP contribution in [0, 0.1) is 0 Å². The molecular formula is C26H35N3O10. The number of rotatable bonds is 9. The lowest BCUT2D eigenvalue weighted by Gasteiger charge is -2.45. The molecule has 0 radical (unpaired) electrons. The lowest BCUT2D eigenvalue weighted by molar-refractivity contribution is -0.249. The SMILES string of the molecule is CCCCc1ccc(C(=O)NC2OC(C(=O)N3CCOCC3)C(OC(C)=O)C(OC(C)=O)C2OC(C)=O)nc1. The number of unbranched alkanes of at least 4 members (excludes halogenated alkanes) is 1. The molecule has 13 nitrogen and oxygen atoms in total. The summed E-state index contributed by atoms with van der Waals surface area (Å²) in [4.78, 5) is 68.4. The van der Waals surface area contributed by atoms with Crippen LogP contribution >= 0.6 is 0 Å². The first-order chi connectivity index (χ1) is 18.6. The fourth-order valence-corrected chi connectivity index (χ4v) is 4.38. The molecule has 2 amide bonds. The summed E-state index contributed by atoms with van der Waals surface area (Å²) in [5.41, 5.74) is 1.03. The van der Waals surface area contributed by atoms with Crippen LogP contribution in [0.4, 0.5) is 0 Å². The van der Waals surface area contributed by atoms with Gasteiger partial charge in [0.15, 0.2) is 30.6 Å². The highest BCUT2D eigenvalue weighted by atomic mass is 16.7. The largest absolute Gasteiger partial charge is 0.455 e. The molecule has 214 valence electrons. The number of hydrogen-bond acceptors (Lipinski definition) is 11. The first kappa shape index (κ1) is 30.0. The molecule has 5 atom stereocenters. The number of amides is 2. The van der Waals surface area contributed by atoms with E-state index in [-0.39, 0.29) is 18.8 Å². The Morgan fingerprint density at radius 1 is 0.949 bits per heavy atom. The van der Waals surface area contributed by atoms with Crippen LogP contribution in [0.15, 0.2) is 18.3 Å². The monoisotopic (exact) mass is 549 g/mol. The fourth-order valence-electron chi connectivity index (χ4n) is 4.38. The molecule has 5 unspecified atom stereocenters. The van der Waals surface area contributed by atoms with Crippen molar-refractivity contribution in [1.29, 1.82) is 0 Å². The van der Waals surface area contributed by atoms with Gasteiger partial charge in [0.1, 0.15) is 5.69 Å². The van der Waals surface area contributed by atoms with Gasteiger partial charge >= 0.3 is 17.9 Å². The molecule has 2 aliphatic heterocycles. The average molecular weight is 550 g/mol. The number of hydrogen-bond donors (Lipinski definition) is 1. The molecule has 2 aliphatic rings. The molecule has 0 saturated carbocycles. The lowest BCUT2D eigenvalue weighted by atomic mass is 9.95. The number of carbonyl (C=O) groups is 5. The van der Waals surface area contributed by atoms with Crippen LogP contribution in [-0.4, -0.2) is 96.6 Å². The molecule has 3 rings (SSSR count). The van der Waals surface area contributed by atoms with Crippen molar-refractivity contribution in [3.63, 3.8) is 0 Å². The third-order valence-corrected chi connectivity index (χ3v) is 6.16. The summed E-state index contributed by atoms with van der Waals surface area (Å²) in [7, 11) is 0. The van der Waals surface area contributed by atoms with Gasteiger partial charge in [-0.15, -0.1) is 0 Å². The summed E-state index contributed by atoms with van der Waals surface area (Å²) in [6.45, 7) is 6.51. The van der Waals surface area contributed by atoms with Gasteiger partial charge in [0.2, 0.25) is 0 Å². The molecule has 0 bridgehead atoms. The van der Waals surface area contributed by atoms with Crippen LogP contribution in [0.5, 0.6) is 0 Å². The molecule has 0 spiro atoms. The summed E-state index contributed by atoms with van der Waals surface area (Å²) in [5.74, 6) is -3.59. The number of aryl methyl sites for hydroxylation is 1. The summed E-state index contributed by atoms with van der Waals surface area (Å²) in [6.07, 6.45) is -2.90. The third kappa shape index (κ3) is 8.20. The van der Waals surface area contributed by atoms with Gasteiger partial charge in [0.25, 0.3) is 11.8 Å². The normalized spacial score (nSPS) is 24.8. The van der Waals surface area contributed by atoms with Crippen molar-refractivity contribution in [3.8, 4) is 0 Å². The number of aromatic nitrogens is 1. The van der Waals surface area contributed by atoms with E-state index in [4.69, 9.17) is 23.7 Å². The van der Waals surface area contributed by atoms with Gasteiger partial charge in [0.05, 0.1) is 13.2 Å². The van der Waals surface area contributed by atoms with Crippen LogP contribution < -0.4 is 5.32 Å². The first-order valence-corrected chi connectivity index (χ1v) is 12.9. The number of morpholine rings is 1. The van der Waals surface area contributed by atoms with E-state index in [2.05, 4.69) is 17.2 Å². The zero-order valence-corrected chi connectivity index (χ0v) is 22.5. The molecule has 1 aromatic rings. The molecular weight excluding hydrogens is 514 g/mol. The predicted octanol–water partition coefficient (Wildman–Crippen LogP) is 0.533. The van der Waals surface area contributed by atoms with Gasteiger partial charge in [-0.2, -0.15) is 0 Å². The maximum Gasteiger partial charge on any atom is 0.303 e.